The van der Waals surface area contributed by atoms with Crippen LogP contribution in [-0.4, -0.2) is 17.1 Å². The molecule has 0 radical (unpaired) electrons. The first-order chi connectivity index (χ1) is 7.94. The summed E-state index contributed by atoms with van der Waals surface area (Å²) in [6, 6.07) is 6.45. The number of nitrogens with one attached hydrogen (secondary N) is 1. The second-order valence-electron chi connectivity index (χ2n) is 5.51. The van der Waals surface area contributed by atoms with Crippen molar-refractivity contribution in [1.82, 2.24) is 10.3 Å². The molecule has 2 rings (SSSR count). The molecule has 0 aliphatic carbocycles. The van der Waals surface area contributed by atoms with Crippen LogP contribution in [0.2, 0.25) is 0 Å². The van der Waals surface area contributed by atoms with Gasteiger partial charge in [0.05, 0.1) is 15.2 Å². The quantitative estimate of drug-likeness (QED) is 0.898. The van der Waals surface area contributed by atoms with Crippen LogP contribution in [0, 0.1) is 6.92 Å². The highest BCUT2D eigenvalue weighted by atomic mass is 32.1. The summed E-state index contributed by atoms with van der Waals surface area (Å²) < 4.78 is 1.30. The van der Waals surface area contributed by atoms with Gasteiger partial charge in [0, 0.05) is 18.5 Å². The predicted octanol–water partition coefficient (Wildman–Crippen LogP) is 3.54. The number of hydrogen-bond acceptors (Lipinski definition) is 3. The second-order valence-corrected chi connectivity index (χ2v) is 6.62. The van der Waals surface area contributed by atoms with Crippen LogP contribution in [0.5, 0.6) is 0 Å². The third kappa shape index (κ3) is 3.51. The Morgan fingerprint density at radius 3 is 2.76 bits per heavy atom. The molecule has 0 atom stereocenters. The number of rotatable bonds is 3. The third-order valence-electron chi connectivity index (χ3n) is 2.58. The van der Waals surface area contributed by atoms with Gasteiger partial charge in [-0.3, -0.25) is 0 Å². The van der Waals surface area contributed by atoms with Crippen molar-refractivity contribution in [3.8, 4) is 0 Å². The van der Waals surface area contributed by atoms with Crippen molar-refractivity contribution in [2.24, 2.45) is 0 Å². The Morgan fingerprint density at radius 1 is 1.29 bits per heavy atom. The first-order valence-electron chi connectivity index (χ1n) is 6.05. The smallest absolute Gasteiger partial charge is 0.0951 e. The van der Waals surface area contributed by atoms with Gasteiger partial charge in [-0.2, -0.15) is 0 Å². The number of benzene rings is 1. The van der Waals surface area contributed by atoms with Gasteiger partial charge in [-0.05, 0) is 45.4 Å². The fourth-order valence-corrected chi connectivity index (χ4v) is 2.80. The van der Waals surface area contributed by atoms with Gasteiger partial charge in [-0.25, -0.2) is 4.98 Å². The number of hydrogen-bond donors (Lipinski definition) is 1. The van der Waals surface area contributed by atoms with E-state index >= 15 is 0 Å². The van der Waals surface area contributed by atoms with Gasteiger partial charge >= 0.3 is 0 Å². The van der Waals surface area contributed by atoms with E-state index in [0.717, 1.165) is 18.5 Å². The Balaban J connectivity index is 2.05. The molecule has 2 aromatic rings. The summed E-state index contributed by atoms with van der Waals surface area (Å²) in [4.78, 5) is 4.65. The van der Waals surface area contributed by atoms with Gasteiger partial charge in [0.1, 0.15) is 0 Å². The predicted molar refractivity (Wildman–Crippen MR) is 75.8 cm³/mol. The lowest BCUT2D eigenvalue weighted by molar-refractivity contribution is 0.429. The number of thiazole rings is 1. The molecule has 1 N–H and O–H groups in total. The highest BCUT2D eigenvalue weighted by molar-refractivity contribution is 7.18. The zero-order chi connectivity index (χ0) is 12.5. The highest BCUT2D eigenvalue weighted by Crippen LogP contribution is 2.23. The Morgan fingerprint density at radius 2 is 2.06 bits per heavy atom. The topological polar surface area (TPSA) is 24.9 Å². The van der Waals surface area contributed by atoms with E-state index in [-0.39, 0.29) is 5.54 Å². The van der Waals surface area contributed by atoms with Crippen molar-refractivity contribution in [1.29, 1.82) is 0 Å². The summed E-state index contributed by atoms with van der Waals surface area (Å²) in [5.41, 5.74) is 2.62. The molecule has 17 heavy (non-hydrogen) atoms. The molecule has 0 aliphatic rings. The average molecular weight is 248 g/mol. The van der Waals surface area contributed by atoms with Crippen LogP contribution >= 0.6 is 11.3 Å². The number of fused-ring (bicyclic) bond motifs is 1. The summed E-state index contributed by atoms with van der Waals surface area (Å²) in [5, 5.41) is 4.72. The molecule has 0 saturated carbocycles. The van der Waals surface area contributed by atoms with E-state index in [0.29, 0.717) is 0 Å². The van der Waals surface area contributed by atoms with Gasteiger partial charge in [0.15, 0.2) is 0 Å². The number of aryl methyl sites for hydroxylation is 1. The Hall–Kier alpha value is -0.930. The largest absolute Gasteiger partial charge is 0.312 e. The molecule has 0 amide bonds. The van der Waals surface area contributed by atoms with Crippen molar-refractivity contribution in [3.63, 3.8) is 0 Å². The maximum absolute atomic E-state index is 4.65. The zero-order valence-electron chi connectivity index (χ0n) is 11.0. The van der Waals surface area contributed by atoms with Crippen LogP contribution in [0.4, 0.5) is 0 Å². The minimum absolute atomic E-state index is 0.188. The lowest BCUT2D eigenvalue weighted by Gasteiger charge is -2.19. The van der Waals surface area contributed by atoms with Gasteiger partial charge < -0.3 is 5.32 Å². The second kappa shape index (κ2) is 4.75. The van der Waals surface area contributed by atoms with E-state index in [1.54, 1.807) is 0 Å². The van der Waals surface area contributed by atoms with E-state index in [4.69, 9.17) is 0 Å². The van der Waals surface area contributed by atoms with E-state index in [1.165, 1.54) is 15.3 Å². The molecule has 3 heteroatoms. The summed E-state index contributed by atoms with van der Waals surface area (Å²) in [6.45, 7) is 9.68. The monoisotopic (exact) mass is 248 g/mol. The maximum Gasteiger partial charge on any atom is 0.0951 e. The standard InChI is InChI=1S/C14H20N2S/c1-10-5-6-11-12(9-10)17-13(16-11)7-8-15-14(2,3)4/h5-6,9,15H,7-8H2,1-4H3. The molecule has 0 spiro atoms. The molecule has 0 fully saturated rings. The number of aromatic nitrogens is 1. The van der Waals surface area contributed by atoms with Crippen molar-refractivity contribution >= 4 is 21.6 Å². The SMILES string of the molecule is Cc1ccc2nc(CCNC(C)(C)C)sc2c1. The maximum atomic E-state index is 4.65. The molecule has 1 heterocycles. The van der Waals surface area contributed by atoms with Crippen molar-refractivity contribution in [3.05, 3.63) is 28.8 Å². The van der Waals surface area contributed by atoms with E-state index < -0.39 is 0 Å². The summed E-state index contributed by atoms with van der Waals surface area (Å²) in [5.74, 6) is 0. The molecule has 0 saturated heterocycles. The van der Waals surface area contributed by atoms with E-state index in [1.807, 2.05) is 11.3 Å². The average Bonchev–Trinajstić information content (AvgIpc) is 2.57. The van der Waals surface area contributed by atoms with Crippen LogP contribution in [0.1, 0.15) is 31.3 Å². The van der Waals surface area contributed by atoms with Crippen LogP contribution < -0.4 is 5.32 Å². The van der Waals surface area contributed by atoms with Gasteiger partial charge in [0.2, 0.25) is 0 Å². The molecule has 0 aliphatic heterocycles. The molecule has 0 bridgehead atoms. The van der Waals surface area contributed by atoms with Crippen LogP contribution in [-0.2, 0) is 6.42 Å². The first-order valence-corrected chi connectivity index (χ1v) is 6.87. The van der Waals surface area contributed by atoms with Gasteiger partial charge in [0.25, 0.3) is 0 Å². The van der Waals surface area contributed by atoms with Crippen molar-refractivity contribution < 1.29 is 0 Å². The fraction of sp³-hybridized carbons (Fsp3) is 0.500. The Bertz CT molecular complexity index is 508. The molecular weight excluding hydrogens is 228 g/mol. The van der Waals surface area contributed by atoms with Crippen LogP contribution in [0.3, 0.4) is 0 Å². The van der Waals surface area contributed by atoms with Crippen molar-refractivity contribution in [2.45, 2.75) is 39.7 Å². The van der Waals surface area contributed by atoms with E-state index in [2.05, 4.69) is 56.2 Å². The molecular formula is C14H20N2S. The van der Waals surface area contributed by atoms with Gasteiger partial charge in [-0.15, -0.1) is 11.3 Å². The molecule has 2 nitrogen and oxygen atoms in total. The van der Waals surface area contributed by atoms with Crippen molar-refractivity contribution in [2.75, 3.05) is 6.54 Å². The van der Waals surface area contributed by atoms with Gasteiger partial charge in [-0.1, -0.05) is 6.07 Å². The zero-order valence-corrected chi connectivity index (χ0v) is 11.8. The van der Waals surface area contributed by atoms with Crippen LogP contribution in [0.25, 0.3) is 10.2 Å². The Labute approximate surface area is 107 Å². The van der Waals surface area contributed by atoms with Crippen LogP contribution in [0.15, 0.2) is 18.2 Å². The molecule has 1 aromatic carbocycles. The minimum Gasteiger partial charge on any atom is -0.312 e. The summed E-state index contributed by atoms with van der Waals surface area (Å²) in [7, 11) is 0. The highest BCUT2D eigenvalue weighted by Gasteiger charge is 2.09. The first kappa shape index (κ1) is 12.5. The fourth-order valence-electron chi connectivity index (χ4n) is 1.73. The lowest BCUT2D eigenvalue weighted by Crippen LogP contribution is -2.37. The minimum atomic E-state index is 0.188. The number of nitrogens with zero attached hydrogens (tertiary/aromatic N) is 1. The van der Waals surface area contributed by atoms with E-state index in [9.17, 15) is 0 Å². The summed E-state index contributed by atoms with van der Waals surface area (Å²) >= 11 is 1.81. The normalized spacial score (nSPS) is 12.2. The molecule has 92 valence electrons. The Kier molecular flexibility index (Phi) is 3.50. The third-order valence-corrected chi connectivity index (χ3v) is 3.66. The summed E-state index contributed by atoms with van der Waals surface area (Å²) in [6.07, 6.45) is 1.01. The molecule has 0 unspecified atom stereocenters. The molecule has 1 aromatic heterocycles. The lowest BCUT2D eigenvalue weighted by atomic mass is 10.1.